The summed E-state index contributed by atoms with van der Waals surface area (Å²) >= 11 is 0. The molecule has 0 saturated carbocycles. The molecule has 0 radical (unpaired) electrons. The smallest absolute Gasteiger partial charge is 0.239 e. The largest absolute Gasteiger partial charge is 0.434 e. The number of rotatable bonds is 5. The number of benzene rings is 2. The molecule has 0 unspecified atom stereocenters. The topological polar surface area (TPSA) is 38.2 Å². The predicted octanol–water partition coefficient (Wildman–Crippen LogP) is 4.67. The molecular formula is C21H20FN3O. The second-order valence-electron chi connectivity index (χ2n) is 6.44. The van der Waals surface area contributed by atoms with Gasteiger partial charge in [-0.25, -0.2) is 4.39 Å². The van der Waals surface area contributed by atoms with Crippen molar-refractivity contribution in [3.05, 3.63) is 72.0 Å². The van der Waals surface area contributed by atoms with Crippen molar-refractivity contribution >= 4 is 0 Å². The lowest BCUT2D eigenvalue weighted by Crippen LogP contribution is -2.19. The Bertz CT molecular complexity index is 862. The normalized spacial score (nSPS) is 14.5. The molecule has 132 valence electrons. The van der Waals surface area contributed by atoms with Gasteiger partial charge in [-0.1, -0.05) is 42.5 Å². The first-order chi connectivity index (χ1) is 12.8. The molecule has 1 aromatic heterocycles. The van der Waals surface area contributed by atoms with Crippen LogP contribution in [0, 0.1) is 5.82 Å². The molecule has 0 bridgehead atoms. The minimum Gasteiger partial charge on any atom is -0.434 e. The second kappa shape index (κ2) is 7.62. The zero-order valence-electron chi connectivity index (χ0n) is 14.4. The quantitative estimate of drug-likeness (QED) is 0.671. The van der Waals surface area contributed by atoms with Gasteiger partial charge in [0.25, 0.3) is 0 Å². The Morgan fingerprint density at radius 1 is 0.885 bits per heavy atom. The van der Waals surface area contributed by atoms with Crippen LogP contribution in [-0.2, 0) is 6.54 Å². The van der Waals surface area contributed by atoms with Crippen molar-refractivity contribution < 1.29 is 9.13 Å². The minimum atomic E-state index is -0.326. The van der Waals surface area contributed by atoms with Crippen molar-refractivity contribution in [1.29, 1.82) is 0 Å². The highest BCUT2D eigenvalue weighted by atomic mass is 19.1. The van der Waals surface area contributed by atoms with Crippen molar-refractivity contribution in [2.75, 3.05) is 13.1 Å². The van der Waals surface area contributed by atoms with E-state index < -0.39 is 0 Å². The maximum Gasteiger partial charge on any atom is 0.239 e. The summed E-state index contributed by atoms with van der Waals surface area (Å²) in [6.07, 6.45) is 2.36. The van der Waals surface area contributed by atoms with Crippen LogP contribution in [-0.4, -0.2) is 28.2 Å². The van der Waals surface area contributed by atoms with Gasteiger partial charge >= 0.3 is 0 Å². The monoisotopic (exact) mass is 349 g/mol. The Balaban J connectivity index is 1.50. The van der Waals surface area contributed by atoms with E-state index in [1.807, 2.05) is 48.5 Å². The summed E-state index contributed by atoms with van der Waals surface area (Å²) in [5.41, 5.74) is 2.38. The lowest BCUT2D eigenvalue weighted by atomic mass is 10.1. The summed E-state index contributed by atoms with van der Waals surface area (Å²) in [6.45, 7) is 2.66. The Morgan fingerprint density at radius 2 is 1.69 bits per heavy atom. The summed E-state index contributed by atoms with van der Waals surface area (Å²) in [4.78, 5) is 2.26. The highest BCUT2D eigenvalue weighted by Crippen LogP contribution is 2.27. The molecule has 5 heteroatoms. The molecule has 0 aliphatic carbocycles. The zero-order valence-corrected chi connectivity index (χ0v) is 14.4. The summed E-state index contributed by atoms with van der Waals surface area (Å²) in [5, 5.41) is 8.25. The van der Waals surface area contributed by atoms with Crippen LogP contribution in [0.1, 0.15) is 18.4 Å². The summed E-state index contributed by atoms with van der Waals surface area (Å²) < 4.78 is 20.4. The average Bonchev–Trinajstić information content (AvgIpc) is 3.19. The second-order valence-corrected chi connectivity index (χ2v) is 6.44. The number of aromatic nitrogens is 2. The molecule has 1 saturated heterocycles. The van der Waals surface area contributed by atoms with Crippen molar-refractivity contribution in [1.82, 2.24) is 15.1 Å². The molecule has 2 aromatic carbocycles. The highest BCUT2D eigenvalue weighted by Gasteiger charge is 2.16. The van der Waals surface area contributed by atoms with Crippen molar-refractivity contribution in [2.45, 2.75) is 19.4 Å². The van der Waals surface area contributed by atoms with E-state index in [2.05, 4.69) is 15.1 Å². The Morgan fingerprint density at radius 3 is 2.42 bits per heavy atom. The molecule has 26 heavy (non-hydrogen) atoms. The molecule has 0 N–H and O–H groups in total. The van der Waals surface area contributed by atoms with Crippen LogP contribution < -0.4 is 4.74 Å². The van der Waals surface area contributed by atoms with Crippen molar-refractivity contribution in [2.24, 2.45) is 0 Å². The fourth-order valence-corrected chi connectivity index (χ4v) is 3.19. The van der Waals surface area contributed by atoms with Gasteiger partial charge in [-0.05, 0) is 38.1 Å². The third kappa shape index (κ3) is 3.73. The molecule has 1 aliphatic heterocycles. The van der Waals surface area contributed by atoms with Gasteiger partial charge in [-0.2, -0.15) is 0 Å². The standard InChI is InChI=1S/C21H20FN3O/c22-21-17(15-25-13-4-5-14-25)9-6-10-19(21)26-20-12-11-18(23-24-20)16-7-2-1-3-8-16/h1-3,6-12H,4-5,13-15H2. The first kappa shape index (κ1) is 16.7. The SMILES string of the molecule is Fc1c(CN2CCCC2)cccc1Oc1ccc(-c2ccccc2)nn1. The van der Waals surface area contributed by atoms with Gasteiger partial charge in [-0.15, -0.1) is 10.2 Å². The fraction of sp³-hybridized carbons (Fsp3) is 0.238. The lowest BCUT2D eigenvalue weighted by Gasteiger charge is -2.16. The van der Waals surface area contributed by atoms with E-state index in [0.717, 1.165) is 24.3 Å². The van der Waals surface area contributed by atoms with Gasteiger partial charge in [0, 0.05) is 23.7 Å². The summed E-state index contributed by atoms with van der Waals surface area (Å²) in [6, 6.07) is 18.6. The van der Waals surface area contributed by atoms with Crippen LogP contribution in [0.4, 0.5) is 4.39 Å². The van der Waals surface area contributed by atoms with Crippen molar-refractivity contribution in [3.8, 4) is 22.9 Å². The molecule has 0 atom stereocenters. The van der Waals surface area contributed by atoms with Gasteiger partial charge in [-0.3, -0.25) is 4.90 Å². The van der Waals surface area contributed by atoms with Gasteiger partial charge in [0.1, 0.15) is 0 Å². The van der Waals surface area contributed by atoms with Crippen LogP contribution in [0.25, 0.3) is 11.3 Å². The predicted molar refractivity (Wildman–Crippen MR) is 98.5 cm³/mol. The van der Waals surface area contributed by atoms with Crippen molar-refractivity contribution in [3.63, 3.8) is 0 Å². The first-order valence-corrected chi connectivity index (χ1v) is 8.86. The minimum absolute atomic E-state index is 0.184. The van der Waals surface area contributed by atoms with E-state index in [0.29, 0.717) is 12.1 Å². The van der Waals surface area contributed by atoms with E-state index in [9.17, 15) is 4.39 Å². The van der Waals surface area contributed by atoms with E-state index in [4.69, 9.17) is 4.74 Å². The number of likely N-dealkylation sites (tertiary alicyclic amines) is 1. The maximum absolute atomic E-state index is 14.8. The summed E-state index contributed by atoms with van der Waals surface area (Å²) in [7, 11) is 0. The molecule has 1 aliphatic rings. The lowest BCUT2D eigenvalue weighted by molar-refractivity contribution is 0.322. The Kier molecular flexibility index (Phi) is 4.88. The highest BCUT2D eigenvalue weighted by molar-refractivity contribution is 5.58. The third-order valence-corrected chi connectivity index (χ3v) is 4.56. The molecular weight excluding hydrogens is 329 g/mol. The molecule has 2 heterocycles. The van der Waals surface area contributed by atoms with Gasteiger partial charge in [0.15, 0.2) is 11.6 Å². The van der Waals surface area contributed by atoms with E-state index in [1.165, 1.54) is 12.8 Å². The van der Waals surface area contributed by atoms with Crippen LogP contribution >= 0.6 is 0 Å². The maximum atomic E-state index is 14.8. The molecule has 4 rings (SSSR count). The van der Waals surface area contributed by atoms with Gasteiger partial charge in [0.05, 0.1) is 5.69 Å². The number of hydrogen-bond acceptors (Lipinski definition) is 4. The molecule has 1 fully saturated rings. The Hall–Kier alpha value is -2.79. The number of nitrogens with zero attached hydrogens (tertiary/aromatic N) is 3. The molecule has 0 amide bonds. The third-order valence-electron chi connectivity index (χ3n) is 4.56. The Labute approximate surface area is 152 Å². The van der Waals surface area contributed by atoms with E-state index in [1.54, 1.807) is 12.1 Å². The number of halogens is 1. The van der Waals surface area contributed by atoms with E-state index in [-0.39, 0.29) is 17.4 Å². The van der Waals surface area contributed by atoms with Crippen LogP contribution in [0.3, 0.4) is 0 Å². The summed E-state index contributed by atoms with van der Waals surface area (Å²) in [5.74, 6) is 0.138. The van der Waals surface area contributed by atoms with Gasteiger partial charge in [0.2, 0.25) is 5.88 Å². The zero-order chi connectivity index (χ0) is 17.8. The molecule has 0 spiro atoms. The first-order valence-electron chi connectivity index (χ1n) is 8.86. The van der Waals surface area contributed by atoms with Crippen LogP contribution in [0.2, 0.25) is 0 Å². The van der Waals surface area contributed by atoms with E-state index >= 15 is 0 Å². The number of hydrogen-bond donors (Lipinski definition) is 0. The molecule has 3 aromatic rings. The number of ether oxygens (including phenoxy) is 1. The van der Waals surface area contributed by atoms with Crippen LogP contribution in [0.5, 0.6) is 11.6 Å². The van der Waals surface area contributed by atoms with Gasteiger partial charge < -0.3 is 4.74 Å². The van der Waals surface area contributed by atoms with Crippen LogP contribution in [0.15, 0.2) is 60.7 Å². The average molecular weight is 349 g/mol. The fourth-order valence-electron chi connectivity index (χ4n) is 3.19. The molecule has 4 nitrogen and oxygen atoms in total.